The molecule has 19 heavy (non-hydrogen) atoms. The second-order valence-electron chi connectivity index (χ2n) is 4.79. The van der Waals surface area contributed by atoms with Gasteiger partial charge in [-0.2, -0.15) is 0 Å². The van der Waals surface area contributed by atoms with Crippen molar-refractivity contribution in [1.29, 1.82) is 0 Å². The van der Waals surface area contributed by atoms with E-state index >= 15 is 0 Å². The number of rotatable bonds is 3. The van der Waals surface area contributed by atoms with E-state index in [4.69, 9.17) is 4.42 Å². The van der Waals surface area contributed by atoms with E-state index in [1.165, 1.54) is 0 Å². The molecule has 0 bridgehead atoms. The Morgan fingerprint density at radius 3 is 2.37 bits per heavy atom. The van der Waals surface area contributed by atoms with Crippen LogP contribution in [0.3, 0.4) is 0 Å². The molecule has 3 heteroatoms. The maximum absolute atomic E-state index is 12.0. The van der Waals surface area contributed by atoms with Crippen LogP contribution in [0.2, 0.25) is 0 Å². The van der Waals surface area contributed by atoms with E-state index in [9.17, 15) is 9.90 Å². The molecular weight excluding hydrogens is 240 g/mol. The van der Waals surface area contributed by atoms with E-state index < -0.39 is 6.10 Å². The Bertz CT molecular complexity index is 626. The highest BCUT2D eigenvalue weighted by molar-refractivity contribution is 5.27. The van der Waals surface area contributed by atoms with Gasteiger partial charge in [-0.25, -0.2) is 0 Å². The summed E-state index contributed by atoms with van der Waals surface area (Å²) in [6.07, 6.45) is -0.350. The van der Waals surface area contributed by atoms with Gasteiger partial charge in [-0.05, 0) is 26.3 Å². The standard InChI is InChI=1S/C16H18O3/c1-10-12(3)19-15(11(2)16(10)18)9-14(17)13-7-5-4-6-8-13/h4-8,14,17H,9H2,1-3H3. The van der Waals surface area contributed by atoms with Gasteiger partial charge in [0.15, 0.2) is 5.43 Å². The summed E-state index contributed by atoms with van der Waals surface area (Å²) >= 11 is 0. The Morgan fingerprint density at radius 2 is 1.74 bits per heavy atom. The van der Waals surface area contributed by atoms with E-state index in [0.29, 0.717) is 29.1 Å². The van der Waals surface area contributed by atoms with E-state index in [-0.39, 0.29) is 5.43 Å². The lowest BCUT2D eigenvalue weighted by Gasteiger charge is -2.13. The van der Waals surface area contributed by atoms with Gasteiger partial charge in [0, 0.05) is 17.5 Å². The lowest BCUT2D eigenvalue weighted by Crippen LogP contribution is -2.15. The maximum atomic E-state index is 12.0. The van der Waals surface area contributed by atoms with Gasteiger partial charge in [0.05, 0.1) is 6.10 Å². The zero-order valence-electron chi connectivity index (χ0n) is 11.4. The summed E-state index contributed by atoms with van der Waals surface area (Å²) in [5.41, 5.74) is 2.04. The number of hydrogen-bond donors (Lipinski definition) is 1. The molecular formula is C16H18O3. The Labute approximate surface area is 112 Å². The van der Waals surface area contributed by atoms with Gasteiger partial charge in [0.1, 0.15) is 11.5 Å². The highest BCUT2D eigenvalue weighted by atomic mass is 16.3. The van der Waals surface area contributed by atoms with Gasteiger partial charge in [-0.3, -0.25) is 4.79 Å². The summed E-state index contributed by atoms with van der Waals surface area (Å²) in [5, 5.41) is 10.2. The molecule has 3 nitrogen and oxygen atoms in total. The summed E-state index contributed by atoms with van der Waals surface area (Å²) in [6, 6.07) is 9.37. The van der Waals surface area contributed by atoms with Crippen LogP contribution in [-0.4, -0.2) is 5.11 Å². The number of hydrogen-bond acceptors (Lipinski definition) is 3. The van der Waals surface area contributed by atoms with Crippen molar-refractivity contribution in [1.82, 2.24) is 0 Å². The van der Waals surface area contributed by atoms with Gasteiger partial charge >= 0.3 is 0 Å². The first-order valence-electron chi connectivity index (χ1n) is 6.33. The molecule has 1 unspecified atom stereocenters. The van der Waals surface area contributed by atoms with Crippen LogP contribution in [-0.2, 0) is 6.42 Å². The number of aryl methyl sites for hydroxylation is 1. The first-order chi connectivity index (χ1) is 9.00. The molecule has 0 aliphatic carbocycles. The molecule has 0 aliphatic heterocycles. The summed E-state index contributed by atoms with van der Waals surface area (Å²) in [5.74, 6) is 1.18. The van der Waals surface area contributed by atoms with E-state index in [2.05, 4.69) is 0 Å². The second kappa shape index (κ2) is 5.41. The maximum Gasteiger partial charge on any atom is 0.191 e. The summed E-state index contributed by atoms with van der Waals surface area (Å²) < 4.78 is 5.65. The van der Waals surface area contributed by atoms with Crippen molar-refractivity contribution in [3.05, 3.63) is 68.8 Å². The van der Waals surface area contributed by atoms with Crippen LogP contribution in [0.25, 0.3) is 0 Å². The Hall–Kier alpha value is -1.87. The minimum atomic E-state index is -0.662. The van der Waals surface area contributed by atoms with Gasteiger partial charge in [-0.1, -0.05) is 30.3 Å². The Morgan fingerprint density at radius 1 is 1.11 bits per heavy atom. The normalized spacial score (nSPS) is 12.4. The monoisotopic (exact) mass is 258 g/mol. The van der Waals surface area contributed by atoms with Crippen molar-refractivity contribution < 1.29 is 9.52 Å². The van der Waals surface area contributed by atoms with Gasteiger partial charge in [0.2, 0.25) is 0 Å². The van der Waals surface area contributed by atoms with E-state index in [0.717, 1.165) is 5.56 Å². The molecule has 2 aromatic rings. The van der Waals surface area contributed by atoms with Crippen LogP contribution in [0.1, 0.15) is 34.3 Å². The SMILES string of the molecule is Cc1oc(CC(O)c2ccccc2)c(C)c(=O)c1C. The minimum Gasteiger partial charge on any atom is -0.465 e. The van der Waals surface area contributed by atoms with Gasteiger partial charge < -0.3 is 9.52 Å². The third-order valence-corrected chi connectivity index (χ3v) is 3.47. The molecule has 0 radical (unpaired) electrons. The summed E-state index contributed by atoms with van der Waals surface area (Å²) in [4.78, 5) is 12.0. The van der Waals surface area contributed by atoms with Crippen LogP contribution in [0.15, 0.2) is 39.5 Å². The predicted molar refractivity (Wildman–Crippen MR) is 74.3 cm³/mol. The van der Waals surface area contributed by atoms with Gasteiger partial charge in [0.25, 0.3) is 0 Å². The molecule has 1 N–H and O–H groups in total. The molecule has 1 atom stereocenters. The Balaban J connectivity index is 2.32. The second-order valence-corrected chi connectivity index (χ2v) is 4.79. The zero-order valence-corrected chi connectivity index (χ0v) is 11.4. The molecule has 0 fully saturated rings. The molecule has 1 aromatic heterocycles. The lowest BCUT2D eigenvalue weighted by molar-refractivity contribution is 0.168. The minimum absolute atomic E-state index is 0.000915. The molecule has 0 aliphatic rings. The van der Waals surface area contributed by atoms with Crippen LogP contribution < -0.4 is 5.43 Å². The highest BCUT2D eigenvalue weighted by Gasteiger charge is 2.15. The molecule has 1 aromatic carbocycles. The fourth-order valence-electron chi connectivity index (χ4n) is 2.07. The first kappa shape index (κ1) is 13.6. The van der Waals surface area contributed by atoms with Crippen LogP contribution in [0, 0.1) is 20.8 Å². The number of aliphatic hydroxyl groups excluding tert-OH is 1. The van der Waals surface area contributed by atoms with Gasteiger partial charge in [-0.15, -0.1) is 0 Å². The molecule has 2 rings (SSSR count). The summed E-state index contributed by atoms with van der Waals surface area (Å²) in [7, 11) is 0. The van der Waals surface area contributed by atoms with Crippen LogP contribution >= 0.6 is 0 Å². The molecule has 0 saturated heterocycles. The number of benzene rings is 1. The topological polar surface area (TPSA) is 50.4 Å². The summed E-state index contributed by atoms with van der Waals surface area (Å²) in [6.45, 7) is 5.27. The van der Waals surface area contributed by atoms with Crippen molar-refractivity contribution in [2.45, 2.75) is 33.3 Å². The first-order valence-corrected chi connectivity index (χ1v) is 6.33. The fourth-order valence-corrected chi connectivity index (χ4v) is 2.07. The zero-order chi connectivity index (χ0) is 14.0. The van der Waals surface area contributed by atoms with Crippen molar-refractivity contribution in [3.8, 4) is 0 Å². The van der Waals surface area contributed by atoms with Crippen molar-refractivity contribution in [2.24, 2.45) is 0 Å². The molecule has 100 valence electrons. The largest absolute Gasteiger partial charge is 0.465 e. The average molecular weight is 258 g/mol. The van der Waals surface area contributed by atoms with Crippen LogP contribution in [0.5, 0.6) is 0 Å². The number of aliphatic hydroxyl groups is 1. The predicted octanol–water partition coefficient (Wildman–Crippen LogP) is 2.84. The molecule has 0 spiro atoms. The quantitative estimate of drug-likeness (QED) is 0.921. The lowest BCUT2D eigenvalue weighted by atomic mass is 10.0. The smallest absolute Gasteiger partial charge is 0.191 e. The molecule has 1 heterocycles. The molecule has 0 saturated carbocycles. The highest BCUT2D eigenvalue weighted by Crippen LogP contribution is 2.20. The van der Waals surface area contributed by atoms with Crippen molar-refractivity contribution >= 4 is 0 Å². The third-order valence-electron chi connectivity index (χ3n) is 3.47. The third kappa shape index (κ3) is 2.76. The van der Waals surface area contributed by atoms with E-state index in [1.54, 1.807) is 20.8 Å². The Kier molecular flexibility index (Phi) is 3.86. The van der Waals surface area contributed by atoms with Crippen LogP contribution in [0.4, 0.5) is 0 Å². The van der Waals surface area contributed by atoms with Crippen molar-refractivity contribution in [3.63, 3.8) is 0 Å². The van der Waals surface area contributed by atoms with E-state index in [1.807, 2.05) is 30.3 Å². The van der Waals surface area contributed by atoms with Crippen molar-refractivity contribution in [2.75, 3.05) is 0 Å². The average Bonchev–Trinajstić information content (AvgIpc) is 2.43. The molecule has 0 amide bonds. The fraction of sp³-hybridized carbons (Fsp3) is 0.312.